The van der Waals surface area contributed by atoms with Gasteiger partial charge in [0.05, 0.1) is 6.33 Å². The van der Waals surface area contributed by atoms with Crippen LogP contribution in [0.5, 0.6) is 0 Å². The molecule has 1 aromatic heterocycles. The predicted molar refractivity (Wildman–Crippen MR) is 75.6 cm³/mol. The van der Waals surface area contributed by atoms with Gasteiger partial charge in [0, 0.05) is 13.1 Å². The van der Waals surface area contributed by atoms with Gasteiger partial charge in [-0.05, 0) is 24.0 Å². The van der Waals surface area contributed by atoms with Crippen LogP contribution in [0.1, 0.15) is 16.7 Å². The second kappa shape index (κ2) is 5.17. The highest BCUT2D eigenvalue weighted by Gasteiger charge is 2.19. The van der Waals surface area contributed by atoms with Crippen molar-refractivity contribution < 1.29 is 0 Å². The highest BCUT2D eigenvalue weighted by molar-refractivity contribution is 5.53. The van der Waals surface area contributed by atoms with Crippen LogP contribution in [-0.2, 0) is 12.8 Å². The number of H-pyrrole nitrogens is 1. The Bertz CT molecular complexity index is 702. The smallest absolute Gasteiger partial charge is 0.270 e. The van der Waals surface area contributed by atoms with Gasteiger partial charge >= 0.3 is 0 Å². The molecule has 2 heterocycles. The minimum Gasteiger partial charge on any atom is -0.355 e. The van der Waals surface area contributed by atoms with Crippen molar-refractivity contribution in [1.82, 2.24) is 9.97 Å². The third kappa shape index (κ3) is 2.16. The maximum Gasteiger partial charge on any atom is 0.270 e. The Morgan fingerprint density at radius 3 is 2.45 bits per heavy atom. The van der Waals surface area contributed by atoms with Crippen LogP contribution in [-0.4, -0.2) is 23.1 Å². The summed E-state index contributed by atoms with van der Waals surface area (Å²) in [5.74, 6) is 0.490. The number of aromatic nitrogens is 2. The Morgan fingerprint density at radius 1 is 1.20 bits per heavy atom. The third-order valence-electron chi connectivity index (χ3n) is 3.66. The zero-order valence-electron chi connectivity index (χ0n) is 11.0. The average molecular weight is 266 g/mol. The molecule has 1 N–H and O–H groups in total. The summed E-state index contributed by atoms with van der Waals surface area (Å²) in [7, 11) is 0. The molecule has 3 rings (SSSR count). The first-order valence-electron chi connectivity index (χ1n) is 6.59. The molecule has 0 unspecified atom stereocenters. The first-order valence-corrected chi connectivity index (χ1v) is 6.59. The fourth-order valence-electron chi connectivity index (χ4n) is 2.61. The number of hydrogen-bond donors (Lipinski definition) is 1. The maximum atomic E-state index is 11.7. The van der Waals surface area contributed by atoms with Crippen LogP contribution in [0.2, 0.25) is 0 Å². The first-order chi connectivity index (χ1) is 9.79. The van der Waals surface area contributed by atoms with E-state index in [-0.39, 0.29) is 11.1 Å². The summed E-state index contributed by atoms with van der Waals surface area (Å²) in [6.45, 7) is 1.53. The molecule has 0 fully saturated rings. The van der Waals surface area contributed by atoms with Crippen molar-refractivity contribution in [2.24, 2.45) is 0 Å². The minimum atomic E-state index is -0.376. The summed E-state index contributed by atoms with van der Waals surface area (Å²) in [5, 5.41) is 9.14. The Hall–Kier alpha value is -2.61. The van der Waals surface area contributed by atoms with E-state index in [1.165, 1.54) is 17.5 Å². The molecule has 1 aromatic carbocycles. The number of nitrogens with zero attached hydrogens (tertiary/aromatic N) is 3. The lowest BCUT2D eigenvalue weighted by molar-refractivity contribution is 0.784. The van der Waals surface area contributed by atoms with Crippen molar-refractivity contribution in [2.45, 2.75) is 12.8 Å². The fourth-order valence-corrected chi connectivity index (χ4v) is 2.61. The van der Waals surface area contributed by atoms with Crippen molar-refractivity contribution in [3.8, 4) is 6.07 Å². The van der Waals surface area contributed by atoms with Crippen molar-refractivity contribution in [2.75, 3.05) is 18.0 Å². The fraction of sp³-hybridized carbons (Fsp3) is 0.267. The van der Waals surface area contributed by atoms with Gasteiger partial charge < -0.3 is 9.88 Å². The molecular weight excluding hydrogens is 252 g/mol. The molecule has 2 aromatic rings. The molecule has 0 aliphatic carbocycles. The third-order valence-corrected chi connectivity index (χ3v) is 3.66. The predicted octanol–water partition coefficient (Wildman–Crippen LogP) is 1.25. The molecule has 5 nitrogen and oxygen atoms in total. The van der Waals surface area contributed by atoms with Crippen LogP contribution in [0, 0.1) is 11.3 Å². The van der Waals surface area contributed by atoms with Gasteiger partial charge in [0.1, 0.15) is 6.07 Å². The van der Waals surface area contributed by atoms with Crippen LogP contribution in [0.15, 0.2) is 35.4 Å². The van der Waals surface area contributed by atoms with E-state index in [0.29, 0.717) is 5.82 Å². The van der Waals surface area contributed by atoms with Crippen LogP contribution in [0.3, 0.4) is 0 Å². The van der Waals surface area contributed by atoms with E-state index in [1.807, 2.05) is 23.1 Å². The lowest BCUT2D eigenvalue weighted by Gasteiger charge is -2.21. The Morgan fingerprint density at radius 2 is 1.85 bits per heavy atom. The number of aromatic amines is 1. The minimum absolute atomic E-state index is 0.0958. The van der Waals surface area contributed by atoms with Gasteiger partial charge in [0.25, 0.3) is 5.56 Å². The van der Waals surface area contributed by atoms with Crippen LogP contribution in [0.4, 0.5) is 5.82 Å². The first kappa shape index (κ1) is 12.4. The number of nitriles is 1. The molecule has 20 heavy (non-hydrogen) atoms. The number of fused-ring (bicyclic) bond motifs is 1. The number of nitrogens with one attached hydrogen (secondary N) is 1. The lowest BCUT2D eigenvalue weighted by atomic mass is 10.0. The normalized spacial score (nSPS) is 14.2. The highest BCUT2D eigenvalue weighted by atomic mass is 16.1. The largest absolute Gasteiger partial charge is 0.355 e. The van der Waals surface area contributed by atoms with Crippen molar-refractivity contribution in [1.29, 1.82) is 5.26 Å². The quantitative estimate of drug-likeness (QED) is 0.843. The van der Waals surface area contributed by atoms with Gasteiger partial charge in [-0.3, -0.25) is 4.79 Å². The molecule has 0 saturated carbocycles. The van der Waals surface area contributed by atoms with E-state index in [0.717, 1.165) is 25.9 Å². The molecule has 0 bridgehead atoms. The number of hydrogen-bond acceptors (Lipinski definition) is 4. The highest BCUT2D eigenvalue weighted by Crippen LogP contribution is 2.20. The summed E-state index contributed by atoms with van der Waals surface area (Å²) in [5.41, 5.74) is 2.38. The Balaban J connectivity index is 1.93. The molecule has 1 aliphatic heterocycles. The van der Waals surface area contributed by atoms with Gasteiger partial charge in [-0.25, -0.2) is 4.98 Å². The molecule has 5 heteroatoms. The van der Waals surface area contributed by atoms with Gasteiger partial charge in [-0.1, -0.05) is 24.3 Å². The van der Waals surface area contributed by atoms with Gasteiger partial charge in [-0.15, -0.1) is 0 Å². The second-order valence-electron chi connectivity index (χ2n) is 4.80. The molecular formula is C15H14N4O. The monoisotopic (exact) mass is 266 g/mol. The summed E-state index contributed by atoms with van der Waals surface area (Å²) in [6.07, 6.45) is 3.15. The van der Waals surface area contributed by atoms with E-state index in [1.54, 1.807) is 0 Å². The van der Waals surface area contributed by atoms with E-state index >= 15 is 0 Å². The zero-order valence-corrected chi connectivity index (χ0v) is 11.0. The zero-order chi connectivity index (χ0) is 13.9. The second-order valence-corrected chi connectivity index (χ2v) is 4.80. The number of anilines is 1. The summed E-state index contributed by atoms with van der Waals surface area (Å²) in [6, 6.07) is 10.3. The van der Waals surface area contributed by atoms with E-state index in [9.17, 15) is 4.79 Å². The van der Waals surface area contributed by atoms with E-state index in [4.69, 9.17) is 5.26 Å². The summed E-state index contributed by atoms with van der Waals surface area (Å²) < 4.78 is 0. The Labute approximate surface area is 116 Å². The lowest BCUT2D eigenvalue weighted by Crippen LogP contribution is -2.30. The summed E-state index contributed by atoms with van der Waals surface area (Å²) in [4.78, 5) is 20.3. The SMILES string of the molecule is N#Cc1c(N2CCc3ccccc3CC2)nc[nH]c1=O. The van der Waals surface area contributed by atoms with Crippen LogP contribution < -0.4 is 10.5 Å². The molecule has 0 amide bonds. The van der Waals surface area contributed by atoms with Gasteiger partial charge in [0.2, 0.25) is 0 Å². The summed E-state index contributed by atoms with van der Waals surface area (Å²) >= 11 is 0. The molecule has 100 valence electrons. The van der Waals surface area contributed by atoms with E-state index in [2.05, 4.69) is 22.1 Å². The van der Waals surface area contributed by atoms with Crippen molar-refractivity contribution in [3.05, 3.63) is 57.6 Å². The molecule has 0 radical (unpaired) electrons. The van der Waals surface area contributed by atoms with Crippen LogP contribution >= 0.6 is 0 Å². The number of benzene rings is 1. The number of rotatable bonds is 1. The van der Waals surface area contributed by atoms with Crippen molar-refractivity contribution in [3.63, 3.8) is 0 Å². The maximum absolute atomic E-state index is 11.7. The Kier molecular flexibility index (Phi) is 3.21. The van der Waals surface area contributed by atoms with Gasteiger partial charge in [-0.2, -0.15) is 5.26 Å². The molecule has 0 spiro atoms. The topological polar surface area (TPSA) is 72.8 Å². The molecule has 1 aliphatic rings. The molecule has 0 saturated heterocycles. The van der Waals surface area contributed by atoms with Gasteiger partial charge in [0.15, 0.2) is 11.4 Å². The standard InChI is InChI=1S/C15H14N4O/c16-9-13-14(17-10-18-15(13)20)19-7-5-11-3-1-2-4-12(11)6-8-19/h1-4,10H,5-8H2,(H,17,18,20). The van der Waals surface area contributed by atoms with Crippen molar-refractivity contribution >= 4 is 5.82 Å². The van der Waals surface area contributed by atoms with E-state index < -0.39 is 0 Å². The van der Waals surface area contributed by atoms with Crippen LogP contribution in [0.25, 0.3) is 0 Å². The average Bonchev–Trinajstić information content (AvgIpc) is 2.69. The molecule has 0 atom stereocenters.